The van der Waals surface area contributed by atoms with Gasteiger partial charge in [-0.2, -0.15) is 0 Å². The Balaban J connectivity index is 2.33. The van der Waals surface area contributed by atoms with Crippen molar-refractivity contribution in [3.63, 3.8) is 0 Å². The molecule has 1 aromatic carbocycles. The molecule has 0 spiro atoms. The van der Waals surface area contributed by atoms with Crippen LogP contribution in [0.4, 0.5) is 8.78 Å². The van der Waals surface area contributed by atoms with Crippen molar-refractivity contribution in [1.29, 1.82) is 0 Å². The fourth-order valence-electron chi connectivity index (χ4n) is 2.56. The van der Waals surface area contributed by atoms with Gasteiger partial charge in [-0.25, -0.2) is 13.6 Å². The molecule has 0 aromatic heterocycles. The van der Waals surface area contributed by atoms with Gasteiger partial charge >= 0.3 is 5.97 Å². The van der Waals surface area contributed by atoms with Crippen molar-refractivity contribution < 1.29 is 32.3 Å². The van der Waals surface area contributed by atoms with E-state index in [9.17, 15) is 18.1 Å². The average molecular weight is 419 g/mol. The van der Waals surface area contributed by atoms with Gasteiger partial charge in [0.2, 0.25) is 6.17 Å². The molecule has 158 valence electrons. The number of hydrogen-bond donors (Lipinski definition) is 1. The highest BCUT2D eigenvalue weighted by Crippen LogP contribution is 2.30. The van der Waals surface area contributed by atoms with Crippen LogP contribution in [0.25, 0.3) is 0 Å². The van der Waals surface area contributed by atoms with Gasteiger partial charge in [0.05, 0.1) is 19.8 Å². The molecular formula is C19H27F2NO5S. The largest absolute Gasteiger partial charge is 0.598 e. The minimum absolute atomic E-state index is 0.0261. The Morgan fingerprint density at radius 1 is 1.46 bits per heavy atom. The maximum atomic E-state index is 14.9. The lowest BCUT2D eigenvalue weighted by atomic mass is 10.0. The molecule has 1 aliphatic heterocycles. The molecule has 0 bridgehead atoms. The van der Waals surface area contributed by atoms with Crippen molar-refractivity contribution in [2.75, 3.05) is 19.8 Å². The third kappa shape index (κ3) is 6.04. The van der Waals surface area contributed by atoms with Gasteiger partial charge in [0.1, 0.15) is 28.5 Å². The van der Waals surface area contributed by atoms with Gasteiger partial charge in [-0.3, -0.25) is 0 Å². The first-order valence-corrected chi connectivity index (χ1v) is 10.3. The summed E-state index contributed by atoms with van der Waals surface area (Å²) >= 11 is -1.75. The lowest BCUT2D eigenvalue weighted by molar-refractivity contribution is -0.150. The lowest BCUT2D eigenvalue weighted by Gasteiger charge is -2.29. The number of carbonyl (C=O) groups is 1. The van der Waals surface area contributed by atoms with Crippen molar-refractivity contribution in [3.8, 4) is 5.75 Å². The van der Waals surface area contributed by atoms with Crippen LogP contribution in [0.5, 0.6) is 5.75 Å². The van der Waals surface area contributed by atoms with Crippen LogP contribution >= 0.6 is 0 Å². The van der Waals surface area contributed by atoms with E-state index in [2.05, 4.69) is 4.72 Å². The van der Waals surface area contributed by atoms with E-state index in [1.54, 1.807) is 27.7 Å². The highest BCUT2D eigenvalue weighted by molar-refractivity contribution is 7.90. The minimum atomic E-state index is -2.24. The van der Waals surface area contributed by atoms with Crippen LogP contribution in [0.15, 0.2) is 18.2 Å². The molecule has 1 saturated heterocycles. The predicted molar refractivity (Wildman–Crippen MR) is 102 cm³/mol. The molecule has 28 heavy (non-hydrogen) atoms. The van der Waals surface area contributed by atoms with Crippen LogP contribution in [-0.4, -0.2) is 47.4 Å². The predicted octanol–water partition coefficient (Wildman–Crippen LogP) is 2.99. The van der Waals surface area contributed by atoms with Gasteiger partial charge in [-0.1, -0.05) is 0 Å². The molecule has 1 heterocycles. The van der Waals surface area contributed by atoms with Gasteiger partial charge < -0.3 is 18.8 Å². The quantitative estimate of drug-likeness (QED) is 0.516. The molecule has 0 saturated carbocycles. The van der Waals surface area contributed by atoms with E-state index in [4.69, 9.17) is 14.2 Å². The number of esters is 1. The van der Waals surface area contributed by atoms with Crippen molar-refractivity contribution in [1.82, 2.24) is 4.72 Å². The molecule has 9 heteroatoms. The number of nitrogens with one attached hydrogen (secondary N) is 1. The Labute approximate surface area is 167 Å². The van der Waals surface area contributed by atoms with E-state index >= 15 is 0 Å². The third-order valence-corrected chi connectivity index (χ3v) is 5.67. The molecule has 4 atom stereocenters. The summed E-state index contributed by atoms with van der Waals surface area (Å²) in [6.45, 7) is 7.54. The van der Waals surface area contributed by atoms with Crippen LogP contribution in [0.1, 0.15) is 45.7 Å². The number of halogens is 2. The second-order valence-electron chi connectivity index (χ2n) is 7.42. The second-order valence-corrected chi connectivity index (χ2v) is 9.42. The van der Waals surface area contributed by atoms with Crippen LogP contribution in [-0.2, 0) is 25.6 Å². The number of ether oxygens (including phenoxy) is 3. The summed E-state index contributed by atoms with van der Waals surface area (Å²) in [5, 5.41) is 0. The molecule has 1 aliphatic rings. The molecule has 1 fully saturated rings. The summed E-state index contributed by atoms with van der Waals surface area (Å²) < 4.78 is 59.5. The van der Waals surface area contributed by atoms with Gasteiger partial charge in [-0.05, 0) is 45.9 Å². The van der Waals surface area contributed by atoms with Crippen molar-refractivity contribution >= 4 is 17.3 Å². The lowest BCUT2D eigenvalue weighted by Crippen LogP contribution is -2.46. The van der Waals surface area contributed by atoms with Gasteiger partial charge in [-0.15, -0.1) is 4.72 Å². The Morgan fingerprint density at radius 2 is 2.18 bits per heavy atom. The third-order valence-electron chi connectivity index (χ3n) is 4.09. The van der Waals surface area contributed by atoms with Crippen molar-refractivity contribution in [2.24, 2.45) is 0 Å². The van der Waals surface area contributed by atoms with Crippen LogP contribution in [0.3, 0.4) is 0 Å². The zero-order chi connectivity index (χ0) is 20.9. The zero-order valence-corrected chi connectivity index (χ0v) is 17.3. The Bertz CT molecular complexity index is 664. The number of alkyl halides is 1. The van der Waals surface area contributed by atoms with Crippen molar-refractivity contribution in [2.45, 2.75) is 57.2 Å². The molecule has 0 radical (unpaired) electrons. The van der Waals surface area contributed by atoms with Crippen LogP contribution in [0.2, 0.25) is 0 Å². The molecule has 1 N–H and O–H groups in total. The van der Waals surface area contributed by atoms with Gasteiger partial charge in [0.15, 0.2) is 0 Å². The smallest absolute Gasteiger partial charge is 0.342 e. The summed E-state index contributed by atoms with van der Waals surface area (Å²) in [7, 11) is 0. The molecule has 6 nitrogen and oxygen atoms in total. The number of carbonyl (C=O) groups excluding carboxylic acids is 1. The van der Waals surface area contributed by atoms with E-state index in [1.165, 1.54) is 12.1 Å². The standard InChI is InChI=1S/C19H27F2NO5S/c1-5-26-18(23)16(21)17(22-28(24)19(2,3)4)14-10-12(6-7-15(14)20)27-13-8-9-25-11-13/h6-7,10,13,16-17,22H,5,8-9,11H2,1-4H3/t13-,16?,17?,28-/m1/s1. The van der Waals surface area contributed by atoms with Crippen LogP contribution < -0.4 is 9.46 Å². The fourth-order valence-corrected chi connectivity index (χ4v) is 3.39. The van der Waals surface area contributed by atoms with E-state index in [1.807, 2.05) is 0 Å². The highest BCUT2D eigenvalue weighted by atomic mass is 32.2. The SMILES string of the molecule is CCOC(=O)C(F)C(N[S@+]([O-])C(C)(C)C)c1cc(O[C@@H]2CCOC2)ccc1F. The first kappa shape index (κ1) is 22.9. The Hall–Kier alpha value is -1.42. The number of rotatable bonds is 8. The summed E-state index contributed by atoms with van der Waals surface area (Å²) in [4.78, 5) is 12.0. The molecule has 0 aliphatic carbocycles. The van der Waals surface area contributed by atoms with E-state index < -0.39 is 40.1 Å². The van der Waals surface area contributed by atoms with Gasteiger partial charge in [0.25, 0.3) is 0 Å². The average Bonchev–Trinajstić information content (AvgIpc) is 3.13. The first-order valence-electron chi connectivity index (χ1n) is 9.16. The summed E-state index contributed by atoms with van der Waals surface area (Å²) in [6.07, 6.45) is -1.73. The maximum absolute atomic E-state index is 14.9. The summed E-state index contributed by atoms with van der Waals surface area (Å²) in [6, 6.07) is 2.37. The van der Waals surface area contributed by atoms with E-state index in [0.717, 1.165) is 6.07 Å². The Morgan fingerprint density at radius 3 is 2.75 bits per heavy atom. The fraction of sp³-hybridized carbons (Fsp3) is 0.632. The van der Waals surface area contributed by atoms with Crippen LogP contribution in [0, 0.1) is 5.82 Å². The number of benzene rings is 1. The van der Waals surface area contributed by atoms with Crippen molar-refractivity contribution in [3.05, 3.63) is 29.6 Å². The molecule has 1 aromatic rings. The molecule has 0 amide bonds. The monoisotopic (exact) mass is 419 g/mol. The number of hydrogen-bond acceptors (Lipinski definition) is 6. The summed E-state index contributed by atoms with van der Waals surface area (Å²) in [5.41, 5.74) is -0.158. The maximum Gasteiger partial charge on any atom is 0.342 e. The minimum Gasteiger partial charge on any atom is -0.598 e. The topological polar surface area (TPSA) is 79.9 Å². The summed E-state index contributed by atoms with van der Waals surface area (Å²) in [5.74, 6) is -1.58. The van der Waals surface area contributed by atoms with E-state index in [0.29, 0.717) is 25.4 Å². The normalized spacial score (nSPS) is 20.5. The highest BCUT2D eigenvalue weighted by Gasteiger charge is 2.39. The Kier molecular flexibility index (Phi) is 8.06. The zero-order valence-electron chi connectivity index (χ0n) is 16.5. The molecule has 2 rings (SSSR count). The van der Waals surface area contributed by atoms with E-state index in [-0.39, 0.29) is 18.3 Å². The molecular weight excluding hydrogens is 392 g/mol. The second kappa shape index (κ2) is 9.87. The van der Waals surface area contributed by atoms with Gasteiger partial charge in [0, 0.05) is 23.3 Å². The first-order chi connectivity index (χ1) is 13.1. The molecule has 2 unspecified atom stereocenters.